The number of carbonyl (C=O) groups excluding carboxylic acids is 2. The van der Waals surface area contributed by atoms with Crippen molar-refractivity contribution in [3.8, 4) is 11.1 Å². The maximum absolute atomic E-state index is 16.1. The quantitative estimate of drug-likeness (QED) is 0.362. The van der Waals surface area contributed by atoms with Gasteiger partial charge in [0.25, 0.3) is 17.7 Å². The maximum Gasteiger partial charge on any atom is 0.282 e. The van der Waals surface area contributed by atoms with E-state index in [4.69, 9.17) is 5.73 Å². The summed E-state index contributed by atoms with van der Waals surface area (Å²) in [6.45, 7) is 0.771. The van der Waals surface area contributed by atoms with Crippen molar-refractivity contribution >= 4 is 22.8 Å². The molecule has 0 radical (unpaired) electrons. The minimum atomic E-state index is -2.95. The van der Waals surface area contributed by atoms with Crippen LogP contribution in [0.4, 0.5) is 13.2 Å². The van der Waals surface area contributed by atoms with Crippen LogP contribution >= 0.6 is 0 Å². The number of halogens is 3. The molecule has 1 atom stereocenters. The average molecular weight is 567 g/mol. The van der Waals surface area contributed by atoms with Crippen LogP contribution in [0.3, 0.4) is 0 Å². The van der Waals surface area contributed by atoms with Crippen LogP contribution in [0.1, 0.15) is 70.9 Å². The predicted octanol–water partition coefficient (Wildman–Crippen LogP) is 4.04. The highest BCUT2D eigenvalue weighted by atomic mass is 19.3. The molecule has 1 aliphatic heterocycles. The number of nitrogens with two attached hydrogens (primary N) is 1. The molecule has 0 bridgehead atoms. The standard InChI is InChI=1S/C28H29F3N8O2/c1-14-3-5-15(6-4-14)20(18-10-35-38(2)24(18)25(32)40)26-36-19-8-7-16(21(29)23(19)37-26)17-9-33-13-34-22(17)27(41)39-11-28(30,31)12-39/h7-10,13-15,20H,3-6,11-12H2,1-2H3,(H2,32,40)(H,36,37)/t14?,15?,20-/m0/s1. The monoisotopic (exact) mass is 566 g/mol. The van der Waals surface area contributed by atoms with Gasteiger partial charge < -0.3 is 15.6 Å². The maximum atomic E-state index is 16.1. The van der Waals surface area contributed by atoms with Crippen LogP contribution in [0.25, 0.3) is 22.2 Å². The second-order valence-electron chi connectivity index (χ2n) is 11.2. The number of hydrogen-bond acceptors (Lipinski definition) is 6. The minimum absolute atomic E-state index is 0.0222. The van der Waals surface area contributed by atoms with Crippen molar-refractivity contribution in [2.24, 2.45) is 24.6 Å². The predicted molar refractivity (Wildman–Crippen MR) is 143 cm³/mol. The Morgan fingerprint density at radius 2 is 1.85 bits per heavy atom. The van der Waals surface area contributed by atoms with E-state index in [0.717, 1.165) is 36.9 Å². The van der Waals surface area contributed by atoms with E-state index < -0.39 is 36.6 Å². The van der Waals surface area contributed by atoms with Crippen molar-refractivity contribution in [1.82, 2.24) is 34.6 Å². The molecule has 2 fully saturated rings. The molecule has 0 spiro atoms. The van der Waals surface area contributed by atoms with Crippen molar-refractivity contribution in [3.63, 3.8) is 0 Å². The van der Waals surface area contributed by atoms with E-state index in [-0.39, 0.29) is 39.9 Å². The van der Waals surface area contributed by atoms with Crippen molar-refractivity contribution in [2.45, 2.75) is 44.4 Å². The molecule has 0 unspecified atom stereocenters. The summed E-state index contributed by atoms with van der Waals surface area (Å²) in [6, 6.07) is 3.12. The average Bonchev–Trinajstić information content (AvgIpc) is 3.53. The van der Waals surface area contributed by atoms with Gasteiger partial charge in [-0.3, -0.25) is 14.3 Å². The molecule has 1 aromatic carbocycles. The Bertz CT molecular complexity index is 1650. The van der Waals surface area contributed by atoms with E-state index in [2.05, 4.69) is 32.0 Å². The van der Waals surface area contributed by atoms with Gasteiger partial charge in [-0.05, 0) is 36.8 Å². The lowest BCUT2D eigenvalue weighted by Gasteiger charge is -2.38. The lowest BCUT2D eigenvalue weighted by Crippen LogP contribution is -2.58. The van der Waals surface area contributed by atoms with Crippen LogP contribution in [-0.2, 0) is 7.05 Å². The largest absolute Gasteiger partial charge is 0.364 e. The number of aromatic amines is 1. The number of fused-ring (bicyclic) bond motifs is 1. The van der Waals surface area contributed by atoms with Gasteiger partial charge in [-0.15, -0.1) is 0 Å². The number of amides is 2. The van der Waals surface area contributed by atoms with Crippen LogP contribution in [0.5, 0.6) is 0 Å². The van der Waals surface area contributed by atoms with Gasteiger partial charge in [-0.25, -0.2) is 28.1 Å². The normalized spacial score (nSPS) is 21.0. The lowest BCUT2D eigenvalue weighted by molar-refractivity contribution is -0.113. The summed E-state index contributed by atoms with van der Waals surface area (Å²) in [5, 5.41) is 4.28. The van der Waals surface area contributed by atoms with Crippen LogP contribution in [0, 0.1) is 17.7 Å². The third-order valence-corrected chi connectivity index (χ3v) is 8.31. The summed E-state index contributed by atoms with van der Waals surface area (Å²) >= 11 is 0. The number of imidazole rings is 1. The SMILES string of the molecule is CC1CCC([C@H](c2nc3c(F)c(-c4cncnc4C(=O)N4CC(F)(F)C4)ccc3[nH]2)c2cnn(C)c2C(N)=O)CC1. The Kier molecular flexibility index (Phi) is 6.54. The Balaban J connectivity index is 1.43. The topological polar surface area (TPSA) is 136 Å². The van der Waals surface area contributed by atoms with E-state index in [1.54, 1.807) is 19.3 Å². The molecule has 1 aliphatic carbocycles. The fraction of sp³-hybridized carbons (Fsp3) is 0.429. The molecule has 214 valence electrons. The fourth-order valence-corrected chi connectivity index (χ4v) is 6.15. The molecule has 2 amide bonds. The smallest absolute Gasteiger partial charge is 0.282 e. The first-order valence-corrected chi connectivity index (χ1v) is 13.5. The highest BCUT2D eigenvalue weighted by molar-refractivity contribution is 6.00. The Morgan fingerprint density at radius 3 is 2.54 bits per heavy atom. The summed E-state index contributed by atoms with van der Waals surface area (Å²) in [7, 11) is 1.65. The minimum Gasteiger partial charge on any atom is -0.364 e. The van der Waals surface area contributed by atoms with Gasteiger partial charge in [0.05, 0.1) is 24.8 Å². The number of nitrogens with one attached hydrogen (secondary N) is 1. The molecule has 1 saturated carbocycles. The van der Waals surface area contributed by atoms with Crippen molar-refractivity contribution in [3.05, 3.63) is 59.4 Å². The zero-order valence-corrected chi connectivity index (χ0v) is 22.6. The van der Waals surface area contributed by atoms with Gasteiger partial charge in [0.2, 0.25) is 0 Å². The number of carbonyl (C=O) groups is 2. The fourth-order valence-electron chi connectivity index (χ4n) is 6.15. The van der Waals surface area contributed by atoms with Crippen molar-refractivity contribution in [2.75, 3.05) is 13.1 Å². The number of hydrogen-bond donors (Lipinski definition) is 2. The molecule has 4 heterocycles. The first-order chi connectivity index (χ1) is 19.5. The molecular weight excluding hydrogens is 537 g/mol. The summed E-state index contributed by atoms with van der Waals surface area (Å²) in [5.74, 6) is -4.18. The second kappa shape index (κ2) is 9.96. The zero-order chi connectivity index (χ0) is 29.1. The Hall–Kier alpha value is -4.29. The zero-order valence-electron chi connectivity index (χ0n) is 22.6. The van der Waals surface area contributed by atoms with Gasteiger partial charge in [0.15, 0.2) is 5.82 Å². The first kappa shape index (κ1) is 26.9. The number of nitrogens with zero attached hydrogens (tertiary/aromatic N) is 6. The molecule has 3 aromatic heterocycles. The van der Waals surface area contributed by atoms with Gasteiger partial charge in [-0.2, -0.15) is 5.10 Å². The van der Waals surface area contributed by atoms with Crippen LogP contribution in [0.2, 0.25) is 0 Å². The molecule has 3 N–H and O–H groups in total. The highest BCUT2D eigenvalue weighted by Crippen LogP contribution is 2.43. The number of alkyl halides is 2. The number of H-pyrrole nitrogens is 1. The molecular formula is C28H29F3N8O2. The van der Waals surface area contributed by atoms with E-state index in [1.165, 1.54) is 16.9 Å². The van der Waals surface area contributed by atoms with Crippen molar-refractivity contribution < 1.29 is 22.8 Å². The third-order valence-electron chi connectivity index (χ3n) is 8.31. The molecule has 6 rings (SSSR count). The molecule has 4 aromatic rings. The summed E-state index contributed by atoms with van der Waals surface area (Å²) in [4.78, 5) is 42.2. The van der Waals surface area contributed by atoms with Gasteiger partial charge in [-0.1, -0.05) is 19.8 Å². The van der Waals surface area contributed by atoms with E-state index in [0.29, 0.717) is 22.8 Å². The Morgan fingerprint density at radius 1 is 1.12 bits per heavy atom. The number of aryl methyl sites for hydroxylation is 1. The number of aromatic nitrogens is 6. The lowest BCUT2D eigenvalue weighted by atomic mass is 9.73. The van der Waals surface area contributed by atoms with Gasteiger partial charge >= 0.3 is 0 Å². The number of benzene rings is 1. The Labute approximate surface area is 233 Å². The van der Waals surface area contributed by atoms with Crippen molar-refractivity contribution in [1.29, 1.82) is 0 Å². The van der Waals surface area contributed by atoms with Crippen LogP contribution in [-0.4, -0.2) is 65.4 Å². The molecule has 41 heavy (non-hydrogen) atoms. The van der Waals surface area contributed by atoms with E-state index in [9.17, 15) is 18.4 Å². The highest BCUT2D eigenvalue weighted by Gasteiger charge is 2.47. The van der Waals surface area contributed by atoms with E-state index >= 15 is 4.39 Å². The molecule has 13 heteroatoms. The first-order valence-electron chi connectivity index (χ1n) is 13.5. The van der Waals surface area contributed by atoms with Gasteiger partial charge in [0, 0.05) is 35.9 Å². The summed E-state index contributed by atoms with van der Waals surface area (Å²) < 4.78 is 44.4. The number of primary amides is 1. The van der Waals surface area contributed by atoms with Crippen LogP contribution in [0.15, 0.2) is 30.9 Å². The second-order valence-corrected chi connectivity index (χ2v) is 11.2. The van der Waals surface area contributed by atoms with Crippen LogP contribution < -0.4 is 5.73 Å². The molecule has 10 nitrogen and oxygen atoms in total. The molecule has 1 saturated heterocycles. The number of rotatable bonds is 6. The summed E-state index contributed by atoms with van der Waals surface area (Å²) in [6.07, 6.45) is 7.85. The molecule has 2 aliphatic rings. The van der Waals surface area contributed by atoms with Gasteiger partial charge in [0.1, 0.15) is 29.1 Å². The number of likely N-dealkylation sites (tertiary alicyclic amines) is 1. The third kappa shape index (κ3) is 4.72. The summed E-state index contributed by atoms with van der Waals surface area (Å²) in [5.41, 5.74) is 7.03. The van der Waals surface area contributed by atoms with E-state index in [1.807, 2.05) is 0 Å².